The second-order valence-electron chi connectivity index (χ2n) is 6.52. The van der Waals surface area contributed by atoms with Crippen molar-refractivity contribution in [2.24, 2.45) is 5.92 Å². The summed E-state index contributed by atoms with van der Waals surface area (Å²) in [5.74, 6) is -0.562. The first kappa shape index (κ1) is 21.5. The summed E-state index contributed by atoms with van der Waals surface area (Å²) in [4.78, 5) is 24.7. The molecule has 150 valence electrons. The molecule has 3 N–H and O–H groups in total. The first-order valence-electron chi connectivity index (χ1n) is 8.65. The Morgan fingerprint density at radius 2 is 1.62 bits per heavy atom. The molecule has 0 bridgehead atoms. The van der Waals surface area contributed by atoms with Crippen molar-refractivity contribution in [1.82, 2.24) is 5.32 Å². The fourth-order valence-corrected chi connectivity index (χ4v) is 4.33. The summed E-state index contributed by atoms with van der Waals surface area (Å²) in [6.45, 7) is 3.65. The lowest BCUT2D eigenvalue weighted by atomic mass is 10.2. The van der Waals surface area contributed by atoms with Gasteiger partial charge in [0.15, 0.2) is 5.11 Å². The first-order chi connectivity index (χ1) is 13.7. The minimum absolute atomic E-state index is 0.0602. The van der Waals surface area contributed by atoms with Gasteiger partial charge in [-0.05, 0) is 48.6 Å². The number of carbonyl (C=O) groups excluding carboxylic acids is 2. The molecule has 3 aromatic rings. The predicted molar refractivity (Wildman–Crippen MR) is 125 cm³/mol. The highest BCUT2D eigenvalue weighted by molar-refractivity contribution is 7.80. The van der Waals surface area contributed by atoms with Gasteiger partial charge in [0.1, 0.15) is 4.88 Å². The topological polar surface area (TPSA) is 70.2 Å². The predicted octanol–water partition coefficient (Wildman–Crippen LogP) is 5.93. The molecular weight excluding hydrogens is 449 g/mol. The molecule has 0 unspecified atom stereocenters. The molecule has 0 spiro atoms. The van der Waals surface area contributed by atoms with E-state index in [4.69, 9.17) is 35.4 Å². The summed E-state index contributed by atoms with van der Waals surface area (Å²) in [5, 5.41) is 10.2. The molecule has 0 fully saturated rings. The number of fused-ring (bicyclic) bond motifs is 1. The van der Waals surface area contributed by atoms with Crippen molar-refractivity contribution in [3.63, 3.8) is 0 Å². The maximum Gasteiger partial charge on any atom is 0.269 e. The minimum atomic E-state index is -0.398. The number of thiophene rings is 1. The number of rotatable bonds is 4. The van der Waals surface area contributed by atoms with Gasteiger partial charge in [0.2, 0.25) is 5.91 Å². The Hall–Kier alpha value is -2.19. The maximum absolute atomic E-state index is 12.6. The van der Waals surface area contributed by atoms with Gasteiger partial charge in [-0.2, -0.15) is 0 Å². The number of hydrogen-bond donors (Lipinski definition) is 3. The number of benzene rings is 2. The normalized spacial score (nSPS) is 10.8. The Morgan fingerprint density at radius 1 is 1.00 bits per heavy atom. The average Bonchev–Trinajstić information content (AvgIpc) is 2.99. The largest absolute Gasteiger partial charge is 0.332 e. The van der Waals surface area contributed by atoms with E-state index in [0.717, 1.165) is 10.1 Å². The van der Waals surface area contributed by atoms with Crippen molar-refractivity contribution >= 4 is 85.1 Å². The van der Waals surface area contributed by atoms with E-state index in [0.29, 0.717) is 26.3 Å². The zero-order valence-corrected chi connectivity index (χ0v) is 18.7. The fourth-order valence-electron chi connectivity index (χ4n) is 2.43. The van der Waals surface area contributed by atoms with E-state index in [1.807, 2.05) is 13.8 Å². The van der Waals surface area contributed by atoms with Crippen LogP contribution in [0.4, 0.5) is 11.4 Å². The third kappa shape index (κ3) is 5.25. The number of anilines is 2. The quantitative estimate of drug-likeness (QED) is 0.417. The average molecular weight is 466 g/mol. The number of halogens is 2. The molecule has 2 aromatic carbocycles. The highest BCUT2D eigenvalue weighted by Gasteiger charge is 2.18. The Kier molecular flexibility index (Phi) is 6.74. The Balaban J connectivity index is 1.64. The summed E-state index contributed by atoms with van der Waals surface area (Å²) in [6.07, 6.45) is 0. The van der Waals surface area contributed by atoms with Crippen molar-refractivity contribution < 1.29 is 9.59 Å². The second kappa shape index (κ2) is 9.09. The molecule has 1 heterocycles. The molecule has 0 saturated carbocycles. The van der Waals surface area contributed by atoms with Crippen molar-refractivity contribution in [1.29, 1.82) is 0 Å². The summed E-state index contributed by atoms with van der Waals surface area (Å²) in [5.41, 5.74) is 1.35. The molecule has 0 aliphatic heterocycles. The van der Waals surface area contributed by atoms with Crippen LogP contribution >= 0.6 is 46.8 Å². The smallest absolute Gasteiger partial charge is 0.269 e. The van der Waals surface area contributed by atoms with Gasteiger partial charge in [-0.3, -0.25) is 14.9 Å². The van der Waals surface area contributed by atoms with Crippen LogP contribution in [-0.2, 0) is 4.79 Å². The maximum atomic E-state index is 12.6. The van der Waals surface area contributed by atoms with Crippen molar-refractivity contribution in [2.45, 2.75) is 13.8 Å². The zero-order valence-electron chi connectivity index (χ0n) is 15.5. The number of nitrogens with one attached hydrogen (secondary N) is 3. The molecule has 0 aliphatic rings. The lowest BCUT2D eigenvalue weighted by Gasteiger charge is -2.11. The molecule has 0 radical (unpaired) electrons. The van der Waals surface area contributed by atoms with Crippen LogP contribution in [0.15, 0.2) is 42.5 Å². The highest BCUT2D eigenvalue weighted by atomic mass is 35.5. The SMILES string of the molecule is CC(C)C(=O)Nc1ccc(NC(=S)NC(=O)c2sc3cc(Cl)ccc3c2Cl)cc1. The van der Waals surface area contributed by atoms with Crippen LogP contribution in [0.1, 0.15) is 23.5 Å². The van der Waals surface area contributed by atoms with E-state index in [1.165, 1.54) is 11.3 Å². The van der Waals surface area contributed by atoms with Gasteiger partial charge >= 0.3 is 0 Å². The molecule has 0 saturated heterocycles. The fraction of sp³-hybridized carbons (Fsp3) is 0.150. The number of amides is 2. The molecule has 5 nitrogen and oxygen atoms in total. The Bertz CT molecular complexity index is 1100. The monoisotopic (exact) mass is 465 g/mol. The van der Waals surface area contributed by atoms with Crippen LogP contribution in [0.25, 0.3) is 10.1 Å². The van der Waals surface area contributed by atoms with Crippen LogP contribution in [-0.4, -0.2) is 16.9 Å². The molecule has 0 atom stereocenters. The van der Waals surface area contributed by atoms with Crippen LogP contribution in [0.5, 0.6) is 0 Å². The molecule has 29 heavy (non-hydrogen) atoms. The lowest BCUT2D eigenvalue weighted by molar-refractivity contribution is -0.118. The van der Waals surface area contributed by atoms with Gasteiger partial charge in [-0.1, -0.05) is 43.1 Å². The summed E-state index contributed by atoms with van der Waals surface area (Å²) in [7, 11) is 0. The van der Waals surface area contributed by atoms with Gasteiger partial charge < -0.3 is 10.6 Å². The van der Waals surface area contributed by atoms with E-state index >= 15 is 0 Å². The third-order valence-corrected chi connectivity index (χ3v) is 6.05. The Labute approximate surface area is 187 Å². The first-order valence-corrected chi connectivity index (χ1v) is 10.6. The molecule has 3 rings (SSSR count). The molecule has 1 aromatic heterocycles. The molecule has 2 amide bonds. The van der Waals surface area contributed by atoms with Crippen molar-refractivity contribution in [2.75, 3.05) is 10.6 Å². The molecular formula is C20H17Cl2N3O2S2. The summed E-state index contributed by atoms with van der Waals surface area (Å²) < 4.78 is 0.825. The lowest BCUT2D eigenvalue weighted by Crippen LogP contribution is -2.33. The molecule has 9 heteroatoms. The van der Waals surface area contributed by atoms with Crippen molar-refractivity contribution in [3.8, 4) is 0 Å². The van der Waals surface area contributed by atoms with E-state index in [2.05, 4.69) is 16.0 Å². The van der Waals surface area contributed by atoms with Gasteiger partial charge in [0.05, 0.1) is 5.02 Å². The number of thiocarbonyl (C=S) groups is 1. The number of carbonyl (C=O) groups is 2. The van der Waals surface area contributed by atoms with Gasteiger partial charge in [-0.25, -0.2) is 0 Å². The third-order valence-electron chi connectivity index (χ3n) is 3.96. The van der Waals surface area contributed by atoms with E-state index in [1.54, 1.807) is 42.5 Å². The summed E-state index contributed by atoms with van der Waals surface area (Å²) in [6, 6.07) is 12.3. The summed E-state index contributed by atoms with van der Waals surface area (Å²) >= 11 is 18.8. The van der Waals surface area contributed by atoms with E-state index < -0.39 is 5.91 Å². The minimum Gasteiger partial charge on any atom is -0.332 e. The van der Waals surface area contributed by atoms with Crippen LogP contribution < -0.4 is 16.0 Å². The van der Waals surface area contributed by atoms with E-state index in [9.17, 15) is 9.59 Å². The second-order valence-corrected chi connectivity index (χ2v) is 8.79. The van der Waals surface area contributed by atoms with Crippen LogP contribution in [0.2, 0.25) is 10.0 Å². The van der Waals surface area contributed by atoms with Crippen molar-refractivity contribution in [3.05, 3.63) is 57.4 Å². The Morgan fingerprint density at radius 3 is 2.24 bits per heavy atom. The highest BCUT2D eigenvalue weighted by Crippen LogP contribution is 2.36. The standard InChI is InChI=1S/C20H17Cl2N3O2S2/c1-10(2)18(26)23-12-4-6-13(7-5-12)24-20(28)25-19(27)17-16(22)14-8-3-11(21)9-15(14)29-17/h3-10H,1-2H3,(H,23,26)(H2,24,25,27,28). The van der Waals surface area contributed by atoms with Crippen LogP contribution in [0.3, 0.4) is 0 Å². The van der Waals surface area contributed by atoms with E-state index in [-0.39, 0.29) is 16.9 Å². The molecule has 0 aliphatic carbocycles. The van der Waals surface area contributed by atoms with Gasteiger partial charge in [0, 0.05) is 32.4 Å². The van der Waals surface area contributed by atoms with Crippen LogP contribution in [0, 0.1) is 5.92 Å². The van der Waals surface area contributed by atoms with Gasteiger partial charge in [0.25, 0.3) is 5.91 Å². The zero-order chi connectivity index (χ0) is 21.1. The number of hydrogen-bond acceptors (Lipinski definition) is 4. The van der Waals surface area contributed by atoms with Gasteiger partial charge in [-0.15, -0.1) is 11.3 Å².